The van der Waals surface area contributed by atoms with Gasteiger partial charge in [0, 0.05) is 12.6 Å². The maximum Gasteiger partial charge on any atom is 0.244 e. The quantitative estimate of drug-likeness (QED) is 0.824. The Labute approximate surface area is 109 Å². The largest absolute Gasteiger partial charge is 0.378 e. The second kappa shape index (κ2) is 4.20. The van der Waals surface area contributed by atoms with Crippen molar-refractivity contribution in [1.29, 1.82) is 0 Å². The van der Waals surface area contributed by atoms with E-state index in [0.29, 0.717) is 24.0 Å². The third kappa shape index (κ3) is 1.77. The molecule has 18 heavy (non-hydrogen) atoms. The average Bonchev–Trinajstić information content (AvgIpc) is 2.98. The van der Waals surface area contributed by atoms with Gasteiger partial charge < -0.3 is 9.64 Å². The molecule has 0 aromatic rings. The van der Waals surface area contributed by atoms with Gasteiger partial charge in [-0.3, -0.25) is 10.1 Å². The lowest BCUT2D eigenvalue weighted by molar-refractivity contribution is -0.140. The monoisotopic (exact) mass is 252 g/mol. The molecule has 0 aromatic heterocycles. The predicted molar refractivity (Wildman–Crippen MR) is 69.0 cm³/mol. The van der Waals surface area contributed by atoms with E-state index in [0.717, 1.165) is 32.3 Å². The summed E-state index contributed by atoms with van der Waals surface area (Å²) in [6, 6.07) is 0.397. The van der Waals surface area contributed by atoms with E-state index in [9.17, 15) is 4.79 Å². The Bertz CT molecular complexity index is 346. The smallest absolute Gasteiger partial charge is 0.244 e. The van der Waals surface area contributed by atoms with E-state index in [4.69, 9.17) is 4.74 Å². The molecule has 0 bridgehead atoms. The van der Waals surface area contributed by atoms with Gasteiger partial charge in [-0.25, -0.2) is 0 Å². The highest BCUT2D eigenvalue weighted by Gasteiger charge is 2.61. The van der Waals surface area contributed by atoms with E-state index in [1.54, 1.807) is 0 Å². The Hall–Kier alpha value is -0.610. The molecule has 2 aliphatic carbocycles. The van der Waals surface area contributed by atoms with Crippen molar-refractivity contribution in [1.82, 2.24) is 10.2 Å². The van der Waals surface area contributed by atoms with Gasteiger partial charge in [0.15, 0.2) is 0 Å². The van der Waals surface area contributed by atoms with Gasteiger partial charge in [0.1, 0.15) is 0 Å². The van der Waals surface area contributed by atoms with E-state index in [1.807, 2.05) is 6.92 Å². The molecule has 102 valence electrons. The van der Waals surface area contributed by atoms with Crippen molar-refractivity contribution in [3.8, 4) is 0 Å². The van der Waals surface area contributed by atoms with Crippen LogP contribution in [0.15, 0.2) is 0 Å². The second-order valence-electron chi connectivity index (χ2n) is 6.33. The minimum Gasteiger partial charge on any atom is -0.378 e. The molecular weight excluding hydrogens is 228 g/mol. The third-order valence-electron chi connectivity index (χ3n) is 4.61. The lowest BCUT2D eigenvalue weighted by Gasteiger charge is -2.44. The minimum absolute atomic E-state index is 0.175. The molecule has 4 heteroatoms. The van der Waals surface area contributed by atoms with E-state index in [-0.39, 0.29) is 11.7 Å². The van der Waals surface area contributed by atoms with Crippen LogP contribution >= 0.6 is 0 Å². The highest BCUT2D eigenvalue weighted by atomic mass is 16.5. The molecule has 1 spiro atoms. The van der Waals surface area contributed by atoms with Crippen molar-refractivity contribution >= 4 is 5.91 Å². The zero-order valence-corrected chi connectivity index (χ0v) is 11.6. The molecule has 1 aliphatic heterocycles. The van der Waals surface area contributed by atoms with Gasteiger partial charge in [0.05, 0.1) is 17.8 Å². The molecule has 1 heterocycles. The van der Waals surface area contributed by atoms with Crippen molar-refractivity contribution in [3.05, 3.63) is 0 Å². The first kappa shape index (κ1) is 12.4. The van der Waals surface area contributed by atoms with Crippen molar-refractivity contribution in [2.45, 2.75) is 70.3 Å². The van der Waals surface area contributed by atoms with Gasteiger partial charge in [0.2, 0.25) is 5.91 Å². The minimum atomic E-state index is -0.175. The number of ether oxygens (including phenoxy) is 1. The fraction of sp³-hybridized carbons (Fsp3) is 0.929. The molecule has 1 amide bonds. The van der Waals surface area contributed by atoms with Crippen LogP contribution in [0.3, 0.4) is 0 Å². The summed E-state index contributed by atoms with van der Waals surface area (Å²) in [5.41, 5.74) is -0.175. The normalized spacial score (nSPS) is 37.4. The van der Waals surface area contributed by atoms with Gasteiger partial charge in [0.25, 0.3) is 0 Å². The van der Waals surface area contributed by atoms with E-state index >= 15 is 0 Å². The molecule has 3 fully saturated rings. The Morgan fingerprint density at radius 3 is 2.61 bits per heavy atom. The zero-order valence-electron chi connectivity index (χ0n) is 11.6. The Kier molecular flexibility index (Phi) is 2.90. The highest BCUT2D eigenvalue weighted by Crippen LogP contribution is 2.46. The lowest BCUT2D eigenvalue weighted by atomic mass is 9.86. The summed E-state index contributed by atoms with van der Waals surface area (Å²) in [4.78, 5) is 14.7. The number of carbonyl (C=O) groups excluding carboxylic acids is 1. The standard InChI is InChI=1S/C14H24N2O2/c1-4-18-11-7-10(8-11)16-12(9(2)3)15-14(5-6-14)13(16)17/h9-12,15H,4-8H2,1-3H3. The molecule has 4 nitrogen and oxygen atoms in total. The lowest BCUT2D eigenvalue weighted by Crippen LogP contribution is -2.54. The number of hydrogen-bond acceptors (Lipinski definition) is 3. The summed E-state index contributed by atoms with van der Waals surface area (Å²) in [6.07, 6.45) is 4.67. The molecule has 2 saturated carbocycles. The van der Waals surface area contributed by atoms with E-state index < -0.39 is 0 Å². The molecule has 0 aromatic carbocycles. The Balaban J connectivity index is 1.68. The molecule has 3 rings (SSSR count). The number of carbonyl (C=O) groups is 1. The topological polar surface area (TPSA) is 41.6 Å². The summed E-state index contributed by atoms with van der Waals surface area (Å²) >= 11 is 0. The molecule has 1 N–H and O–H groups in total. The average molecular weight is 252 g/mol. The Morgan fingerprint density at radius 1 is 1.44 bits per heavy atom. The van der Waals surface area contributed by atoms with E-state index in [2.05, 4.69) is 24.1 Å². The number of rotatable bonds is 4. The highest BCUT2D eigenvalue weighted by molar-refractivity contribution is 5.92. The van der Waals surface area contributed by atoms with Crippen LogP contribution in [0.5, 0.6) is 0 Å². The van der Waals surface area contributed by atoms with E-state index in [1.165, 1.54) is 0 Å². The van der Waals surface area contributed by atoms with Crippen molar-refractivity contribution in [2.75, 3.05) is 6.61 Å². The summed E-state index contributed by atoms with van der Waals surface area (Å²) < 4.78 is 5.61. The SMILES string of the molecule is CCOC1CC(N2C(=O)C3(CC3)NC2C(C)C)C1. The van der Waals surface area contributed by atoms with Crippen LogP contribution in [0.25, 0.3) is 0 Å². The first-order valence-electron chi connectivity index (χ1n) is 7.29. The third-order valence-corrected chi connectivity index (χ3v) is 4.61. The van der Waals surface area contributed by atoms with Gasteiger partial charge in [-0.05, 0) is 38.5 Å². The summed E-state index contributed by atoms with van der Waals surface area (Å²) in [6.45, 7) is 7.20. The predicted octanol–water partition coefficient (Wildman–Crippen LogP) is 1.50. The Morgan fingerprint density at radius 2 is 2.11 bits per heavy atom. The molecule has 1 saturated heterocycles. The first-order valence-corrected chi connectivity index (χ1v) is 7.29. The molecule has 0 radical (unpaired) electrons. The van der Waals surface area contributed by atoms with Crippen LogP contribution in [0, 0.1) is 5.92 Å². The van der Waals surface area contributed by atoms with Gasteiger partial charge >= 0.3 is 0 Å². The van der Waals surface area contributed by atoms with Crippen LogP contribution in [0.4, 0.5) is 0 Å². The second-order valence-corrected chi connectivity index (χ2v) is 6.33. The van der Waals surface area contributed by atoms with Crippen molar-refractivity contribution < 1.29 is 9.53 Å². The van der Waals surface area contributed by atoms with Crippen LogP contribution < -0.4 is 5.32 Å². The van der Waals surface area contributed by atoms with Gasteiger partial charge in [-0.2, -0.15) is 0 Å². The molecular formula is C14H24N2O2. The molecule has 1 atom stereocenters. The van der Waals surface area contributed by atoms with Crippen LogP contribution in [0.2, 0.25) is 0 Å². The molecule has 1 unspecified atom stereocenters. The number of nitrogens with zero attached hydrogens (tertiary/aromatic N) is 1. The van der Waals surface area contributed by atoms with Crippen LogP contribution in [-0.4, -0.2) is 41.3 Å². The maximum absolute atomic E-state index is 12.5. The van der Waals surface area contributed by atoms with Crippen LogP contribution in [0.1, 0.15) is 46.5 Å². The van der Waals surface area contributed by atoms with Gasteiger partial charge in [-0.1, -0.05) is 13.8 Å². The molecule has 3 aliphatic rings. The van der Waals surface area contributed by atoms with Crippen molar-refractivity contribution in [3.63, 3.8) is 0 Å². The fourth-order valence-electron chi connectivity index (χ4n) is 3.29. The fourth-order valence-corrected chi connectivity index (χ4v) is 3.29. The van der Waals surface area contributed by atoms with Gasteiger partial charge in [-0.15, -0.1) is 0 Å². The summed E-state index contributed by atoms with van der Waals surface area (Å²) in [5, 5.41) is 3.57. The summed E-state index contributed by atoms with van der Waals surface area (Å²) in [7, 11) is 0. The summed E-state index contributed by atoms with van der Waals surface area (Å²) in [5.74, 6) is 0.821. The number of amides is 1. The maximum atomic E-state index is 12.5. The number of hydrogen-bond donors (Lipinski definition) is 1. The number of nitrogens with one attached hydrogen (secondary N) is 1. The van der Waals surface area contributed by atoms with Crippen molar-refractivity contribution in [2.24, 2.45) is 5.92 Å². The van der Waals surface area contributed by atoms with Crippen LogP contribution in [-0.2, 0) is 9.53 Å². The zero-order chi connectivity index (χ0) is 12.9. The first-order chi connectivity index (χ1) is 8.57.